The molecule has 188 valence electrons. The highest BCUT2D eigenvalue weighted by Gasteiger charge is 2.30. The van der Waals surface area contributed by atoms with Crippen molar-refractivity contribution in [2.45, 2.75) is 39.7 Å². The van der Waals surface area contributed by atoms with E-state index in [4.69, 9.17) is 0 Å². The summed E-state index contributed by atoms with van der Waals surface area (Å²) in [4.78, 5) is 45.6. The fourth-order valence-electron chi connectivity index (χ4n) is 4.70. The average Bonchev–Trinajstić information content (AvgIpc) is 3.09. The first-order valence-corrected chi connectivity index (χ1v) is 11.9. The zero-order valence-electron chi connectivity index (χ0n) is 20.9. The first kappa shape index (κ1) is 25.1. The van der Waals surface area contributed by atoms with Gasteiger partial charge in [0.2, 0.25) is 0 Å². The van der Waals surface area contributed by atoms with Crippen molar-refractivity contribution in [2.24, 2.45) is 7.05 Å². The highest BCUT2D eigenvalue weighted by Crippen LogP contribution is 2.24. The number of carbonyl (C=O) groups is 3. The van der Waals surface area contributed by atoms with Crippen molar-refractivity contribution in [3.63, 3.8) is 0 Å². The van der Waals surface area contributed by atoms with E-state index in [1.54, 1.807) is 44.6 Å². The second kappa shape index (κ2) is 10.3. The molecule has 2 amide bonds. The van der Waals surface area contributed by atoms with Crippen LogP contribution < -0.4 is 15.5 Å². The maximum absolute atomic E-state index is 13.6. The van der Waals surface area contributed by atoms with Gasteiger partial charge in [0, 0.05) is 43.8 Å². The average molecular weight is 492 g/mol. The molecule has 3 heterocycles. The van der Waals surface area contributed by atoms with Gasteiger partial charge in [0.1, 0.15) is 11.6 Å². The van der Waals surface area contributed by atoms with E-state index in [0.717, 1.165) is 18.9 Å². The lowest BCUT2D eigenvalue weighted by Gasteiger charge is -2.33. The van der Waals surface area contributed by atoms with Crippen LogP contribution in [0.5, 0.6) is 0 Å². The van der Waals surface area contributed by atoms with Crippen LogP contribution in [-0.4, -0.2) is 46.3 Å². The number of carbonyl (C=O) groups excluding carboxylic acids is 3. The molecule has 1 aliphatic rings. The Hall–Kier alpha value is -4.01. The van der Waals surface area contributed by atoms with Crippen LogP contribution >= 0.6 is 0 Å². The highest BCUT2D eigenvalue weighted by molar-refractivity contribution is 6.43. The second-order valence-corrected chi connectivity index (χ2v) is 9.16. The fraction of sp³-hybridized carbons (Fsp3) is 0.333. The summed E-state index contributed by atoms with van der Waals surface area (Å²) in [7, 11) is 1.66. The van der Waals surface area contributed by atoms with Gasteiger partial charge in [-0.3, -0.25) is 14.4 Å². The molecule has 1 aromatic carbocycles. The Bertz CT molecular complexity index is 1310. The zero-order valence-corrected chi connectivity index (χ0v) is 20.9. The molecule has 4 rings (SSSR count). The number of benzene rings is 1. The molecule has 1 aliphatic heterocycles. The lowest BCUT2D eigenvalue weighted by atomic mass is 10.0. The number of aromatic nitrogens is 2. The minimum absolute atomic E-state index is 0.118. The van der Waals surface area contributed by atoms with Crippen LogP contribution in [0.1, 0.15) is 50.5 Å². The smallest absolute Gasteiger partial charge is 0.294 e. The van der Waals surface area contributed by atoms with Crippen molar-refractivity contribution >= 4 is 29.1 Å². The Morgan fingerprint density at radius 3 is 2.42 bits per heavy atom. The fourth-order valence-corrected chi connectivity index (χ4v) is 4.70. The third-order valence-corrected chi connectivity index (χ3v) is 6.80. The minimum atomic E-state index is -0.684. The van der Waals surface area contributed by atoms with Gasteiger partial charge in [-0.1, -0.05) is 6.07 Å². The quantitative estimate of drug-likeness (QED) is 0.405. The van der Waals surface area contributed by atoms with Gasteiger partial charge in [-0.15, -0.1) is 0 Å². The number of anilines is 2. The standard InChI is InChI=1S/C27H30FN5O3/c1-16-15-20(8-9-21(16)28)31-26(35)23-17(2)24(32(4)18(23)3)25(34)27(36)30-19-10-13-33(14-11-19)22-7-5-6-12-29-22/h5-9,12,15,19H,10-11,13-14H2,1-4H3,(H,30,36)(H,31,35). The molecule has 1 saturated heterocycles. The van der Waals surface area contributed by atoms with Gasteiger partial charge in [-0.05, 0) is 75.1 Å². The highest BCUT2D eigenvalue weighted by atomic mass is 19.1. The Kier molecular flexibility index (Phi) is 7.19. The number of hydrogen-bond donors (Lipinski definition) is 2. The molecule has 0 unspecified atom stereocenters. The maximum Gasteiger partial charge on any atom is 0.294 e. The van der Waals surface area contributed by atoms with E-state index in [0.29, 0.717) is 40.9 Å². The minimum Gasteiger partial charge on any atom is -0.356 e. The number of pyridine rings is 1. The van der Waals surface area contributed by atoms with E-state index in [1.807, 2.05) is 18.2 Å². The molecule has 0 atom stereocenters. The predicted molar refractivity (Wildman–Crippen MR) is 136 cm³/mol. The van der Waals surface area contributed by atoms with Crippen LogP contribution in [0.3, 0.4) is 0 Å². The SMILES string of the molecule is Cc1cc(NC(=O)c2c(C)c(C(=O)C(=O)NC3CCN(c4ccccn4)CC3)n(C)c2C)ccc1F. The summed E-state index contributed by atoms with van der Waals surface area (Å²) < 4.78 is 15.2. The van der Waals surface area contributed by atoms with Gasteiger partial charge in [0.15, 0.2) is 0 Å². The van der Waals surface area contributed by atoms with Crippen molar-refractivity contribution < 1.29 is 18.8 Å². The maximum atomic E-state index is 13.6. The van der Waals surface area contributed by atoms with E-state index in [-0.39, 0.29) is 17.6 Å². The van der Waals surface area contributed by atoms with E-state index >= 15 is 0 Å². The molecule has 2 N–H and O–H groups in total. The van der Waals surface area contributed by atoms with Crippen LogP contribution in [0, 0.1) is 26.6 Å². The molecule has 3 aromatic rings. The Morgan fingerprint density at radius 2 is 1.78 bits per heavy atom. The van der Waals surface area contributed by atoms with Crippen molar-refractivity contribution in [3.05, 3.63) is 76.5 Å². The van der Waals surface area contributed by atoms with Crippen molar-refractivity contribution in [1.82, 2.24) is 14.9 Å². The van der Waals surface area contributed by atoms with E-state index in [2.05, 4.69) is 20.5 Å². The molecule has 0 radical (unpaired) electrons. The lowest BCUT2D eigenvalue weighted by molar-refractivity contribution is -0.117. The van der Waals surface area contributed by atoms with Crippen LogP contribution in [0.15, 0.2) is 42.6 Å². The molecular formula is C27H30FN5O3. The number of piperidine rings is 1. The summed E-state index contributed by atoms with van der Waals surface area (Å²) in [5.41, 5.74) is 2.34. The van der Waals surface area contributed by atoms with E-state index in [1.165, 1.54) is 12.1 Å². The van der Waals surface area contributed by atoms with Gasteiger partial charge in [0.05, 0.1) is 11.3 Å². The monoisotopic (exact) mass is 491 g/mol. The molecule has 0 spiro atoms. The molecule has 2 aromatic heterocycles. The first-order valence-electron chi connectivity index (χ1n) is 11.9. The number of halogens is 1. The molecular weight excluding hydrogens is 461 g/mol. The molecule has 9 heteroatoms. The van der Waals surface area contributed by atoms with Crippen molar-refractivity contribution in [2.75, 3.05) is 23.3 Å². The molecule has 0 bridgehead atoms. The molecule has 36 heavy (non-hydrogen) atoms. The number of nitrogens with zero attached hydrogens (tertiary/aromatic N) is 3. The summed E-state index contributed by atoms with van der Waals surface area (Å²) in [6, 6.07) is 9.95. The topological polar surface area (TPSA) is 96.3 Å². The number of Topliss-reactive ketones (excluding diaryl/α,β-unsaturated/α-hetero) is 1. The van der Waals surface area contributed by atoms with Crippen LogP contribution in [-0.2, 0) is 11.8 Å². The molecule has 0 saturated carbocycles. The largest absolute Gasteiger partial charge is 0.356 e. The lowest BCUT2D eigenvalue weighted by Crippen LogP contribution is -2.47. The number of rotatable bonds is 6. The summed E-state index contributed by atoms with van der Waals surface area (Å²) in [5, 5.41) is 5.63. The number of nitrogens with one attached hydrogen (secondary N) is 2. The third kappa shape index (κ3) is 5.00. The predicted octanol–water partition coefficient (Wildman–Crippen LogP) is 3.70. The van der Waals surface area contributed by atoms with Crippen LogP contribution in [0.2, 0.25) is 0 Å². The van der Waals surface area contributed by atoms with Crippen molar-refractivity contribution in [1.29, 1.82) is 0 Å². The van der Waals surface area contributed by atoms with Crippen LogP contribution in [0.25, 0.3) is 0 Å². The van der Waals surface area contributed by atoms with Gasteiger partial charge in [-0.2, -0.15) is 0 Å². The Balaban J connectivity index is 1.44. The van der Waals surface area contributed by atoms with Crippen molar-refractivity contribution in [3.8, 4) is 0 Å². The number of ketones is 1. The Labute approximate surface area is 209 Å². The third-order valence-electron chi connectivity index (χ3n) is 6.80. The molecule has 1 fully saturated rings. The summed E-state index contributed by atoms with van der Waals surface area (Å²) >= 11 is 0. The number of amides is 2. The second-order valence-electron chi connectivity index (χ2n) is 9.16. The van der Waals surface area contributed by atoms with Crippen LogP contribution in [0.4, 0.5) is 15.9 Å². The van der Waals surface area contributed by atoms with Gasteiger partial charge in [0.25, 0.3) is 17.6 Å². The first-order chi connectivity index (χ1) is 17.2. The van der Waals surface area contributed by atoms with Gasteiger partial charge >= 0.3 is 0 Å². The normalized spacial score (nSPS) is 14.0. The van der Waals surface area contributed by atoms with E-state index < -0.39 is 17.6 Å². The summed E-state index contributed by atoms with van der Waals surface area (Å²) in [6.45, 7) is 6.45. The zero-order chi connectivity index (χ0) is 26.0. The van der Waals surface area contributed by atoms with E-state index in [9.17, 15) is 18.8 Å². The van der Waals surface area contributed by atoms with Gasteiger partial charge < -0.3 is 20.1 Å². The summed E-state index contributed by atoms with van der Waals surface area (Å²) in [6.07, 6.45) is 3.15. The molecule has 0 aliphatic carbocycles. The van der Waals surface area contributed by atoms with Gasteiger partial charge in [-0.25, -0.2) is 9.37 Å². The Morgan fingerprint density at radius 1 is 1.06 bits per heavy atom. The summed E-state index contributed by atoms with van der Waals surface area (Å²) in [5.74, 6) is -1.25. The molecule has 8 nitrogen and oxygen atoms in total. The number of hydrogen-bond acceptors (Lipinski definition) is 5. The number of aryl methyl sites for hydroxylation is 1.